The van der Waals surface area contributed by atoms with Gasteiger partial charge in [0.1, 0.15) is 12.4 Å². The van der Waals surface area contributed by atoms with Crippen LogP contribution in [0.1, 0.15) is 37.6 Å². The molecule has 0 fully saturated rings. The third-order valence-corrected chi connectivity index (χ3v) is 3.78. The van der Waals surface area contributed by atoms with E-state index in [9.17, 15) is 0 Å². The highest BCUT2D eigenvalue weighted by molar-refractivity contribution is 6.32. The molecule has 0 amide bonds. The topological polar surface area (TPSA) is 39.1 Å². The van der Waals surface area contributed by atoms with E-state index in [1.807, 2.05) is 42.2 Å². The smallest absolute Gasteiger partial charge is 0.142 e. The molecule has 1 unspecified atom stereocenters. The van der Waals surface area contributed by atoms with Gasteiger partial charge in [-0.05, 0) is 32.5 Å². The maximum absolute atomic E-state index is 6.23. The van der Waals surface area contributed by atoms with Crippen molar-refractivity contribution in [3.05, 3.63) is 46.7 Å². The number of hydrogen-bond acceptors (Lipinski definition) is 3. The summed E-state index contributed by atoms with van der Waals surface area (Å²) in [5.41, 5.74) is 1.96. The molecule has 2 aromatic rings. The molecule has 0 spiro atoms. The Morgan fingerprint density at radius 1 is 1.38 bits per heavy atom. The molecule has 21 heavy (non-hydrogen) atoms. The Balaban J connectivity index is 2.07. The van der Waals surface area contributed by atoms with Crippen molar-refractivity contribution >= 4 is 11.6 Å². The Hall–Kier alpha value is -1.52. The van der Waals surface area contributed by atoms with Crippen LogP contribution in [0.3, 0.4) is 0 Å². The molecule has 1 atom stereocenters. The molecule has 0 radical (unpaired) electrons. The monoisotopic (exact) mass is 307 g/mol. The Bertz CT molecular complexity index is 583. The molecule has 0 aliphatic rings. The number of rotatable bonds is 7. The number of ether oxygens (including phenoxy) is 1. The lowest BCUT2D eigenvalue weighted by molar-refractivity contribution is 0.294. The van der Waals surface area contributed by atoms with Gasteiger partial charge in [-0.1, -0.05) is 30.7 Å². The first kappa shape index (κ1) is 15.9. The van der Waals surface area contributed by atoms with Gasteiger partial charge in [-0.25, -0.2) is 0 Å². The summed E-state index contributed by atoms with van der Waals surface area (Å²) in [4.78, 5) is 0. The number of hydrogen-bond donors (Lipinski definition) is 1. The number of benzene rings is 1. The molecule has 114 valence electrons. The van der Waals surface area contributed by atoms with E-state index < -0.39 is 0 Å². The summed E-state index contributed by atoms with van der Waals surface area (Å²) in [6.45, 7) is 5.44. The average molecular weight is 308 g/mol. The maximum atomic E-state index is 6.23. The van der Waals surface area contributed by atoms with Crippen LogP contribution >= 0.6 is 11.6 Å². The van der Waals surface area contributed by atoms with Gasteiger partial charge >= 0.3 is 0 Å². The minimum atomic E-state index is 0.402. The van der Waals surface area contributed by atoms with Gasteiger partial charge in [0, 0.05) is 24.3 Å². The number of para-hydroxylation sites is 1. The third-order valence-electron chi connectivity index (χ3n) is 3.49. The van der Waals surface area contributed by atoms with Gasteiger partial charge < -0.3 is 10.1 Å². The molecule has 0 aliphatic carbocycles. The molecule has 0 saturated heterocycles. The van der Waals surface area contributed by atoms with Crippen LogP contribution in [0, 0.1) is 0 Å². The van der Waals surface area contributed by atoms with Crippen LogP contribution in [0.15, 0.2) is 30.5 Å². The van der Waals surface area contributed by atoms with E-state index >= 15 is 0 Å². The SMILES string of the molecule is CCC(C)n1ccc(COc2c(Cl)cccc2CNC)n1. The molecule has 0 bridgehead atoms. The maximum Gasteiger partial charge on any atom is 0.142 e. The standard InChI is InChI=1S/C16H22ClN3O/c1-4-12(2)20-9-8-14(19-20)11-21-16-13(10-18-3)6-5-7-15(16)17/h5-9,12,18H,4,10-11H2,1-3H3. The fraction of sp³-hybridized carbons (Fsp3) is 0.438. The molecule has 1 aromatic carbocycles. The predicted octanol–water partition coefficient (Wildman–Crippen LogP) is 3.81. The molecule has 4 nitrogen and oxygen atoms in total. The first-order valence-electron chi connectivity index (χ1n) is 7.24. The van der Waals surface area contributed by atoms with Crippen molar-refractivity contribution in [1.29, 1.82) is 0 Å². The fourth-order valence-corrected chi connectivity index (χ4v) is 2.33. The summed E-state index contributed by atoms with van der Waals surface area (Å²) in [7, 11) is 1.90. The van der Waals surface area contributed by atoms with E-state index in [0.29, 0.717) is 17.7 Å². The predicted molar refractivity (Wildman–Crippen MR) is 85.8 cm³/mol. The normalized spacial score (nSPS) is 12.4. The van der Waals surface area contributed by atoms with Gasteiger partial charge in [0.05, 0.1) is 10.7 Å². The number of aromatic nitrogens is 2. The van der Waals surface area contributed by atoms with Crippen molar-refractivity contribution < 1.29 is 4.74 Å². The molecular weight excluding hydrogens is 286 g/mol. The average Bonchev–Trinajstić information content (AvgIpc) is 2.95. The van der Waals surface area contributed by atoms with Crippen LogP contribution in [-0.4, -0.2) is 16.8 Å². The molecule has 2 rings (SSSR count). The van der Waals surface area contributed by atoms with Crippen molar-refractivity contribution in [2.24, 2.45) is 0 Å². The quantitative estimate of drug-likeness (QED) is 0.845. The van der Waals surface area contributed by atoms with E-state index in [1.54, 1.807) is 0 Å². The lowest BCUT2D eigenvalue weighted by atomic mass is 10.2. The first-order valence-corrected chi connectivity index (χ1v) is 7.62. The van der Waals surface area contributed by atoms with E-state index in [0.717, 1.165) is 30.0 Å². The summed E-state index contributed by atoms with van der Waals surface area (Å²) >= 11 is 6.23. The van der Waals surface area contributed by atoms with Crippen molar-refractivity contribution in [3.63, 3.8) is 0 Å². The van der Waals surface area contributed by atoms with Gasteiger partial charge in [-0.3, -0.25) is 4.68 Å². The molecule has 5 heteroatoms. The van der Waals surface area contributed by atoms with Crippen LogP contribution < -0.4 is 10.1 Å². The second-order valence-electron chi connectivity index (χ2n) is 5.09. The number of halogens is 1. The second kappa shape index (κ2) is 7.48. The van der Waals surface area contributed by atoms with Gasteiger partial charge in [0.15, 0.2) is 0 Å². The van der Waals surface area contributed by atoms with Crippen molar-refractivity contribution in [1.82, 2.24) is 15.1 Å². The van der Waals surface area contributed by atoms with Gasteiger partial charge in [0.25, 0.3) is 0 Å². The summed E-state index contributed by atoms with van der Waals surface area (Å²) in [6.07, 6.45) is 3.05. The molecule has 1 aromatic heterocycles. The Morgan fingerprint density at radius 3 is 2.90 bits per heavy atom. The molecule has 1 heterocycles. The van der Waals surface area contributed by atoms with Crippen molar-refractivity contribution in [2.45, 2.75) is 39.5 Å². The minimum absolute atomic E-state index is 0.402. The van der Waals surface area contributed by atoms with Gasteiger partial charge in [-0.2, -0.15) is 5.10 Å². The zero-order chi connectivity index (χ0) is 15.2. The minimum Gasteiger partial charge on any atom is -0.485 e. The largest absolute Gasteiger partial charge is 0.485 e. The van der Waals surface area contributed by atoms with Gasteiger partial charge in [-0.15, -0.1) is 0 Å². The Labute approximate surface area is 131 Å². The van der Waals surface area contributed by atoms with Crippen LogP contribution in [0.2, 0.25) is 5.02 Å². The van der Waals surface area contributed by atoms with Crippen molar-refractivity contribution in [2.75, 3.05) is 7.05 Å². The molecular formula is C16H22ClN3O. The highest BCUT2D eigenvalue weighted by Crippen LogP contribution is 2.29. The van der Waals surface area contributed by atoms with Crippen LogP contribution in [0.5, 0.6) is 5.75 Å². The summed E-state index contributed by atoms with van der Waals surface area (Å²) in [5, 5.41) is 8.28. The van der Waals surface area contributed by atoms with E-state index in [-0.39, 0.29) is 0 Å². The first-order chi connectivity index (χ1) is 10.2. The molecule has 0 saturated carbocycles. The zero-order valence-electron chi connectivity index (χ0n) is 12.8. The Kier molecular flexibility index (Phi) is 5.65. The lowest BCUT2D eigenvalue weighted by Gasteiger charge is -2.12. The highest BCUT2D eigenvalue weighted by Gasteiger charge is 2.10. The second-order valence-corrected chi connectivity index (χ2v) is 5.50. The highest BCUT2D eigenvalue weighted by atomic mass is 35.5. The summed E-state index contributed by atoms with van der Waals surface area (Å²) in [6, 6.07) is 8.17. The number of nitrogens with zero attached hydrogens (tertiary/aromatic N) is 2. The lowest BCUT2D eigenvalue weighted by Crippen LogP contribution is -2.09. The summed E-state index contributed by atoms with van der Waals surface area (Å²) < 4.78 is 7.86. The van der Waals surface area contributed by atoms with E-state index in [4.69, 9.17) is 16.3 Å². The van der Waals surface area contributed by atoms with Crippen LogP contribution in [0.4, 0.5) is 0 Å². The molecule has 1 N–H and O–H groups in total. The van der Waals surface area contributed by atoms with Crippen LogP contribution in [0.25, 0.3) is 0 Å². The van der Waals surface area contributed by atoms with E-state index in [1.165, 1.54) is 0 Å². The third kappa shape index (κ3) is 3.99. The van der Waals surface area contributed by atoms with E-state index in [2.05, 4.69) is 24.3 Å². The van der Waals surface area contributed by atoms with Crippen molar-refractivity contribution in [3.8, 4) is 5.75 Å². The van der Waals surface area contributed by atoms with Crippen LogP contribution in [-0.2, 0) is 13.2 Å². The fourth-order valence-electron chi connectivity index (χ4n) is 2.08. The summed E-state index contributed by atoms with van der Waals surface area (Å²) in [5.74, 6) is 0.728. The molecule has 0 aliphatic heterocycles. The Morgan fingerprint density at radius 2 is 2.19 bits per heavy atom. The number of nitrogens with one attached hydrogen (secondary N) is 1. The zero-order valence-corrected chi connectivity index (χ0v) is 13.5. The van der Waals surface area contributed by atoms with Gasteiger partial charge in [0.2, 0.25) is 0 Å².